The van der Waals surface area contributed by atoms with Gasteiger partial charge >= 0.3 is 5.97 Å². The first-order valence-electron chi connectivity index (χ1n) is 2.91. The SMILES string of the molecule is CC(C)C(OC=O)C(=O)O. The second-order valence-corrected chi connectivity index (χ2v) is 2.24. The largest absolute Gasteiger partial charge is 0.478 e. The van der Waals surface area contributed by atoms with Crippen LogP contribution in [0.15, 0.2) is 0 Å². The molecule has 1 atom stereocenters. The third kappa shape index (κ3) is 2.48. The van der Waals surface area contributed by atoms with Gasteiger partial charge in [0.1, 0.15) is 0 Å². The Morgan fingerprint density at radius 3 is 2.20 bits per heavy atom. The van der Waals surface area contributed by atoms with E-state index < -0.39 is 12.1 Å². The molecule has 0 spiro atoms. The van der Waals surface area contributed by atoms with Gasteiger partial charge in [0.05, 0.1) is 0 Å². The van der Waals surface area contributed by atoms with Gasteiger partial charge in [0.25, 0.3) is 6.47 Å². The molecule has 1 unspecified atom stereocenters. The van der Waals surface area contributed by atoms with Crippen molar-refractivity contribution in [2.45, 2.75) is 20.0 Å². The van der Waals surface area contributed by atoms with Crippen LogP contribution in [0.2, 0.25) is 0 Å². The van der Waals surface area contributed by atoms with Crippen molar-refractivity contribution in [3.63, 3.8) is 0 Å². The van der Waals surface area contributed by atoms with Crippen molar-refractivity contribution in [3.05, 3.63) is 0 Å². The third-order valence-corrected chi connectivity index (χ3v) is 1.05. The first-order valence-corrected chi connectivity index (χ1v) is 2.91. The molecule has 0 heterocycles. The van der Waals surface area contributed by atoms with Crippen LogP contribution in [0.1, 0.15) is 13.8 Å². The van der Waals surface area contributed by atoms with E-state index >= 15 is 0 Å². The summed E-state index contributed by atoms with van der Waals surface area (Å²) < 4.78 is 4.28. The van der Waals surface area contributed by atoms with Crippen molar-refractivity contribution < 1.29 is 19.4 Å². The molecule has 0 radical (unpaired) electrons. The van der Waals surface area contributed by atoms with E-state index in [2.05, 4.69) is 4.74 Å². The lowest BCUT2D eigenvalue weighted by Crippen LogP contribution is -2.28. The molecule has 10 heavy (non-hydrogen) atoms. The van der Waals surface area contributed by atoms with Gasteiger partial charge in [-0.05, 0) is 0 Å². The summed E-state index contributed by atoms with van der Waals surface area (Å²) in [6, 6.07) is 0. The van der Waals surface area contributed by atoms with Crippen LogP contribution in [0.3, 0.4) is 0 Å². The highest BCUT2D eigenvalue weighted by molar-refractivity contribution is 5.73. The highest BCUT2D eigenvalue weighted by atomic mass is 16.5. The van der Waals surface area contributed by atoms with Gasteiger partial charge < -0.3 is 9.84 Å². The second-order valence-electron chi connectivity index (χ2n) is 2.24. The predicted octanol–water partition coefficient (Wildman–Crippen LogP) is 0.269. The van der Waals surface area contributed by atoms with Crippen LogP contribution in [-0.2, 0) is 14.3 Å². The fourth-order valence-corrected chi connectivity index (χ4v) is 0.560. The van der Waals surface area contributed by atoms with Gasteiger partial charge in [-0.25, -0.2) is 4.79 Å². The van der Waals surface area contributed by atoms with Gasteiger partial charge in [0, 0.05) is 5.92 Å². The Morgan fingerprint density at radius 1 is 1.60 bits per heavy atom. The highest BCUT2D eigenvalue weighted by Gasteiger charge is 2.21. The number of carboxylic acids is 1. The number of carboxylic acid groups (broad SMARTS) is 1. The van der Waals surface area contributed by atoms with E-state index in [0.29, 0.717) is 0 Å². The van der Waals surface area contributed by atoms with E-state index in [4.69, 9.17) is 5.11 Å². The number of ether oxygens (including phenoxy) is 1. The molecule has 0 aliphatic rings. The molecule has 0 saturated carbocycles. The normalized spacial score (nSPS) is 12.7. The maximum atomic E-state index is 10.2. The molecule has 0 amide bonds. The topological polar surface area (TPSA) is 63.6 Å². The number of carbonyl (C=O) groups excluding carboxylic acids is 1. The van der Waals surface area contributed by atoms with Crippen molar-refractivity contribution in [2.75, 3.05) is 0 Å². The molecule has 0 aliphatic heterocycles. The quantitative estimate of drug-likeness (QED) is 0.578. The molecule has 0 aromatic heterocycles. The van der Waals surface area contributed by atoms with Crippen LogP contribution in [0, 0.1) is 5.92 Å². The first kappa shape index (κ1) is 8.94. The average Bonchev–Trinajstić information content (AvgIpc) is 1.81. The maximum absolute atomic E-state index is 10.2. The molecule has 0 aromatic rings. The van der Waals surface area contributed by atoms with E-state index in [1.807, 2.05) is 0 Å². The van der Waals surface area contributed by atoms with Crippen molar-refractivity contribution in [1.82, 2.24) is 0 Å². The Kier molecular flexibility index (Phi) is 3.46. The number of aliphatic carboxylic acids is 1. The van der Waals surface area contributed by atoms with Crippen LogP contribution in [0.25, 0.3) is 0 Å². The summed E-state index contributed by atoms with van der Waals surface area (Å²) in [7, 11) is 0. The van der Waals surface area contributed by atoms with Gasteiger partial charge in [0.2, 0.25) is 6.10 Å². The minimum absolute atomic E-state index is 0.152. The van der Waals surface area contributed by atoms with Crippen LogP contribution < -0.4 is 0 Å². The summed E-state index contributed by atoms with van der Waals surface area (Å²) in [5.74, 6) is -1.30. The Bertz CT molecular complexity index is 130. The fraction of sp³-hybridized carbons (Fsp3) is 0.667. The van der Waals surface area contributed by atoms with Gasteiger partial charge in [-0.15, -0.1) is 0 Å². The summed E-state index contributed by atoms with van der Waals surface area (Å²) in [6.45, 7) is 3.49. The standard InChI is InChI=1S/C6H10O4/c1-4(2)5(6(8)9)10-3-7/h3-5H,1-2H3,(H,8,9). The lowest BCUT2D eigenvalue weighted by molar-refractivity contribution is -0.159. The van der Waals surface area contributed by atoms with Crippen molar-refractivity contribution in [2.24, 2.45) is 5.92 Å². The summed E-state index contributed by atoms with van der Waals surface area (Å²) in [6.07, 6.45) is -1.02. The third-order valence-electron chi connectivity index (χ3n) is 1.05. The molecule has 58 valence electrons. The van der Waals surface area contributed by atoms with Gasteiger partial charge in [-0.2, -0.15) is 0 Å². The molecule has 0 fully saturated rings. The molecule has 0 rings (SSSR count). The van der Waals surface area contributed by atoms with Gasteiger partial charge in [-0.3, -0.25) is 4.79 Å². The molecule has 0 saturated heterocycles. The Balaban J connectivity index is 3.97. The highest BCUT2D eigenvalue weighted by Crippen LogP contribution is 2.04. The van der Waals surface area contributed by atoms with Gasteiger partial charge in [-0.1, -0.05) is 13.8 Å². The van der Waals surface area contributed by atoms with Crippen LogP contribution in [0.5, 0.6) is 0 Å². The van der Waals surface area contributed by atoms with E-state index in [1.165, 1.54) is 0 Å². The van der Waals surface area contributed by atoms with Crippen molar-refractivity contribution in [1.29, 1.82) is 0 Å². The van der Waals surface area contributed by atoms with Gasteiger partial charge in [0.15, 0.2) is 0 Å². The smallest absolute Gasteiger partial charge is 0.345 e. The molecule has 4 heteroatoms. The second kappa shape index (κ2) is 3.87. The number of rotatable bonds is 4. The van der Waals surface area contributed by atoms with E-state index in [0.717, 1.165) is 0 Å². The Morgan fingerprint density at radius 2 is 2.10 bits per heavy atom. The van der Waals surface area contributed by atoms with E-state index in [1.54, 1.807) is 13.8 Å². The molecule has 4 nitrogen and oxygen atoms in total. The van der Waals surface area contributed by atoms with E-state index in [9.17, 15) is 9.59 Å². The monoisotopic (exact) mass is 146 g/mol. The summed E-state index contributed by atoms with van der Waals surface area (Å²) in [5, 5.41) is 8.39. The minimum Gasteiger partial charge on any atom is -0.478 e. The van der Waals surface area contributed by atoms with Crippen LogP contribution in [-0.4, -0.2) is 23.7 Å². The van der Waals surface area contributed by atoms with Crippen LogP contribution >= 0.6 is 0 Å². The minimum atomic E-state index is -1.11. The summed E-state index contributed by atoms with van der Waals surface area (Å²) >= 11 is 0. The number of carbonyl (C=O) groups is 2. The van der Waals surface area contributed by atoms with Crippen LogP contribution in [0.4, 0.5) is 0 Å². The summed E-state index contributed by atoms with van der Waals surface area (Å²) in [4.78, 5) is 20.0. The zero-order valence-electron chi connectivity index (χ0n) is 5.90. The maximum Gasteiger partial charge on any atom is 0.345 e. The summed E-state index contributed by atoms with van der Waals surface area (Å²) in [5.41, 5.74) is 0. The molecule has 0 bridgehead atoms. The lowest BCUT2D eigenvalue weighted by Gasteiger charge is -2.12. The molecule has 0 aromatic carbocycles. The number of hydrogen-bond acceptors (Lipinski definition) is 3. The fourth-order valence-electron chi connectivity index (χ4n) is 0.560. The zero-order valence-corrected chi connectivity index (χ0v) is 5.90. The van der Waals surface area contributed by atoms with Crippen molar-refractivity contribution in [3.8, 4) is 0 Å². The zero-order chi connectivity index (χ0) is 8.15. The Hall–Kier alpha value is -1.06. The molecule has 1 N–H and O–H groups in total. The Labute approximate surface area is 58.8 Å². The average molecular weight is 146 g/mol. The molecular formula is C6H10O4. The molecular weight excluding hydrogens is 136 g/mol. The predicted molar refractivity (Wildman–Crippen MR) is 33.4 cm³/mol. The van der Waals surface area contributed by atoms with E-state index in [-0.39, 0.29) is 12.4 Å². The van der Waals surface area contributed by atoms with Crippen molar-refractivity contribution >= 4 is 12.4 Å². The number of hydrogen-bond donors (Lipinski definition) is 1. The first-order chi connectivity index (χ1) is 4.59. The lowest BCUT2D eigenvalue weighted by atomic mass is 10.1. The molecule has 0 aliphatic carbocycles.